The smallest absolute Gasteiger partial charge is 0.224 e. The third kappa shape index (κ3) is 3.38. The van der Waals surface area contributed by atoms with Crippen molar-refractivity contribution in [1.29, 1.82) is 0 Å². The molecule has 0 atom stereocenters. The number of hydrogen-bond acceptors (Lipinski definition) is 3. The maximum absolute atomic E-state index is 12.1. The Bertz CT molecular complexity index is 535. The third-order valence-corrected chi connectivity index (χ3v) is 3.29. The molecule has 1 aromatic carbocycles. The van der Waals surface area contributed by atoms with Gasteiger partial charge in [-0.3, -0.25) is 9.59 Å². The lowest BCUT2D eigenvalue weighted by atomic mass is 9.93. The van der Waals surface area contributed by atoms with Crippen molar-refractivity contribution < 1.29 is 14.3 Å². The predicted octanol–water partition coefficient (Wildman–Crippen LogP) is 3.56. The zero-order valence-electron chi connectivity index (χ0n) is 12.3. The number of nitrogens with one attached hydrogen (secondary N) is 1. The maximum Gasteiger partial charge on any atom is 0.224 e. The molecule has 0 saturated carbocycles. The Morgan fingerprint density at radius 3 is 2.85 bits per heavy atom. The molecule has 20 heavy (non-hydrogen) atoms. The van der Waals surface area contributed by atoms with Gasteiger partial charge in [-0.15, -0.1) is 0 Å². The van der Waals surface area contributed by atoms with E-state index in [1.165, 1.54) is 0 Å². The summed E-state index contributed by atoms with van der Waals surface area (Å²) < 4.78 is 5.78. The van der Waals surface area contributed by atoms with E-state index in [1.54, 1.807) is 18.2 Å². The fourth-order valence-corrected chi connectivity index (χ4v) is 2.29. The second-order valence-electron chi connectivity index (χ2n) is 5.82. The number of benzene rings is 1. The third-order valence-electron chi connectivity index (χ3n) is 3.29. The maximum atomic E-state index is 12.1. The zero-order chi connectivity index (χ0) is 14.8. The van der Waals surface area contributed by atoms with Crippen LogP contribution < -0.4 is 10.1 Å². The van der Waals surface area contributed by atoms with Crippen LogP contribution in [0.15, 0.2) is 18.2 Å². The molecule has 1 aliphatic heterocycles. The second-order valence-corrected chi connectivity index (χ2v) is 5.82. The van der Waals surface area contributed by atoms with E-state index in [2.05, 4.69) is 5.32 Å². The molecule has 4 heteroatoms. The molecule has 108 valence electrons. The van der Waals surface area contributed by atoms with Gasteiger partial charge >= 0.3 is 0 Å². The molecule has 0 fully saturated rings. The van der Waals surface area contributed by atoms with Crippen LogP contribution >= 0.6 is 0 Å². The van der Waals surface area contributed by atoms with E-state index in [0.29, 0.717) is 29.8 Å². The van der Waals surface area contributed by atoms with Crippen LogP contribution in [-0.4, -0.2) is 17.3 Å². The van der Waals surface area contributed by atoms with Crippen LogP contribution in [0, 0.1) is 0 Å². The van der Waals surface area contributed by atoms with Gasteiger partial charge in [0.05, 0.1) is 12.0 Å². The molecular formula is C16H21NO3. The van der Waals surface area contributed by atoms with Gasteiger partial charge in [-0.25, -0.2) is 0 Å². The summed E-state index contributed by atoms with van der Waals surface area (Å²) in [5.74, 6) is 0.634. The van der Waals surface area contributed by atoms with Gasteiger partial charge in [0, 0.05) is 12.1 Å². The van der Waals surface area contributed by atoms with Gasteiger partial charge in [0.25, 0.3) is 0 Å². The highest BCUT2D eigenvalue weighted by Crippen LogP contribution is 2.34. The summed E-state index contributed by atoms with van der Waals surface area (Å²) in [6.45, 7) is 5.84. The molecule has 0 bridgehead atoms. The molecule has 0 aliphatic carbocycles. The number of Topliss-reactive ketones (excluding diaryl/α,β-unsaturated/α-hetero) is 1. The van der Waals surface area contributed by atoms with Crippen molar-refractivity contribution in [1.82, 2.24) is 0 Å². The quantitative estimate of drug-likeness (QED) is 0.914. The first-order valence-corrected chi connectivity index (χ1v) is 7.07. The van der Waals surface area contributed by atoms with E-state index in [1.807, 2.05) is 20.8 Å². The number of hydrogen-bond donors (Lipinski definition) is 1. The fourth-order valence-electron chi connectivity index (χ4n) is 2.29. The summed E-state index contributed by atoms with van der Waals surface area (Å²) in [6, 6.07) is 5.23. The van der Waals surface area contributed by atoms with Crippen molar-refractivity contribution in [2.45, 2.75) is 52.1 Å². The summed E-state index contributed by atoms with van der Waals surface area (Å²) in [4.78, 5) is 23.8. The van der Waals surface area contributed by atoms with Crippen molar-refractivity contribution in [3.05, 3.63) is 23.8 Å². The number of anilines is 1. The lowest BCUT2D eigenvalue weighted by molar-refractivity contribution is -0.116. The molecule has 4 nitrogen and oxygen atoms in total. The molecule has 0 radical (unpaired) electrons. The van der Waals surface area contributed by atoms with Crippen LogP contribution in [0.1, 0.15) is 56.8 Å². The average molecular weight is 275 g/mol. The predicted molar refractivity (Wildman–Crippen MR) is 78.3 cm³/mol. The number of rotatable bonds is 4. The lowest BCUT2D eigenvalue weighted by Gasteiger charge is -2.31. The second kappa shape index (κ2) is 5.65. The minimum atomic E-state index is -0.462. The highest BCUT2D eigenvalue weighted by Gasteiger charge is 2.32. The Morgan fingerprint density at radius 1 is 1.40 bits per heavy atom. The van der Waals surface area contributed by atoms with Crippen LogP contribution in [0.4, 0.5) is 5.69 Å². The minimum absolute atomic E-state index is 0.0173. The lowest BCUT2D eigenvalue weighted by Crippen LogP contribution is -2.35. The number of unbranched alkanes of at least 4 members (excludes halogenated alkanes) is 1. The zero-order valence-corrected chi connectivity index (χ0v) is 12.3. The van der Waals surface area contributed by atoms with E-state index in [0.717, 1.165) is 12.8 Å². The van der Waals surface area contributed by atoms with Crippen molar-refractivity contribution in [3.63, 3.8) is 0 Å². The summed E-state index contributed by atoms with van der Waals surface area (Å²) in [5.41, 5.74) is 0.745. The standard InChI is InChI=1S/C16H21NO3/c1-4-5-6-15(19)17-11-7-8-14-12(9-11)13(18)10-16(2,3)20-14/h7-9H,4-6,10H2,1-3H3,(H,17,19). The first-order chi connectivity index (χ1) is 9.41. The molecule has 1 amide bonds. The highest BCUT2D eigenvalue weighted by molar-refractivity contribution is 6.02. The van der Waals surface area contributed by atoms with Crippen molar-refractivity contribution in [2.75, 3.05) is 5.32 Å². The number of carbonyl (C=O) groups is 2. The van der Waals surface area contributed by atoms with E-state index in [-0.39, 0.29) is 11.7 Å². The Kier molecular flexibility index (Phi) is 4.12. The first-order valence-electron chi connectivity index (χ1n) is 7.07. The number of amides is 1. The van der Waals surface area contributed by atoms with Gasteiger partial charge in [-0.05, 0) is 38.5 Å². The molecule has 0 aromatic heterocycles. The normalized spacial score (nSPS) is 16.2. The van der Waals surface area contributed by atoms with Crippen LogP contribution in [-0.2, 0) is 4.79 Å². The number of ketones is 1. The van der Waals surface area contributed by atoms with Crippen molar-refractivity contribution in [3.8, 4) is 5.75 Å². The van der Waals surface area contributed by atoms with Crippen LogP contribution in [0.25, 0.3) is 0 Å². The number of carbonyl (C=O) groups excluding carboxylic acids is 2. The fraction of sp³-hybridized carbons (Fsp3) is 0.500. The largest absolute Gasteiger partial charge is 0.487 e. The molecule has 1 N–H and O–H groups in total. The van der Waals surface area contributed by atoms with Gasteiger partial charge in [-0.1, -0.05) is 13.3 Å². The van der Waals surface area contributed by atoms with Crippen molar-refractivity contribution >= 4 is 17.4 Å². The molecule has 1 aliphatic rings. The van der Waals surface area contributed by atoms with E-state index < -0.39 is 5.60 Å². The molecule has 2 rings (SSSR count). The SMILES string of the molecule is CCCCC(=O)Nc1ccc2c(c1)C(=O)CC(C)(C)O2. The Hall–Kier alpha value is -1.84. The van der Waals surface area contributed by atoms with Gasteiger partial charge in [0.1, 0.15) is 11.4 Å². The summed E-state index contributed by atoms with van der Waals surface area (Å²) in [6.07, 6.45) is 2.71. The van der Waals surface area contributed by atoms with Crippen LogP contribution in [0.3, 0.4) is 0 Å². The minimum Gasteiger partial charge on any atom is -0.487 e. The number of fused-ring (bicyclic) bond motifs is 1. The summed E-state index contributed by atoms with van der Waals surface area (Å²) in [5, 5.41) is 2.82. The van der Waals surface area contributed by atoms with Gasteiger partial charge in [-0.2, -0.15) is 0 Å². The Balaban J connectivity index is 2.14. The average Bonchev–Trinajstić information content (AvgIpc) is 2.36. The van der Waals surface area contributed by atoms with Gasteiger partial charge in [0.15, 0.2) is 5.78 Å². The molecule has 1 heterocycles. The van der Waals surface area contributed by atoms with Gasteiger partial charge in [0.2, 0.25) is 5.91 Å². The summed E-state index contributed by atoms with van der Waals surface area (Å²) in [7, 11) is 0. The molecule has 0 saturated heterocycles. The molecular weight excluding hydrogens is 254 g/mol. The summed E-state index contributed by atoms with van der Waals surface area (Å²) >= 11 is 0. The van der Waals surface area contributed by atoms with E-state index in [4.69, 9.17) is 4.74 Å². The van der Waals surface area contributed by atoms with E-state index in [9.17, 15) is 9.59 Å². The Morgan fingerprint density at radius 2 is 2.15 bits per heavy atom. The molecule has 0 unspecified atom stereocenters. The van der Waals surface area contributed by atoms with Gasteiger partial charge < -0.3 is 10.1 Å². The Labute approximate surface area is 119 Å². The first kappa shape index (κ1) is 14.6. The van der Waals surface area contributed by atoms with Crippen LogP contribution in [0.5, 0.6) is 5.75 Å². The monoisotopic (exact) mass is 275 g/mol. The number of ether oxygens (including phenoxy) is 1. The molecule has 0 spiro atoms. The molecule has 1 aromatic rings. The highest BCUT2D eigenvalue weighted by atomic mass is 16.5. The van der Waals surface area contributed by atoms with Crippen LogP contribution in [0.2, 0.25) is 0 Å². The topological polar surface area (TPSA) is 55.4 Å². The van der Waals surface area contributed by atoms with Crippen molar-refractivity contribution in [2.24, 2.45) is 0 Å². The van der Waals surface area contributed by atoms with E-state index >= 15 is 0 Å².